The number of ether oxygens (including phenoxy) is 1. The van der Waals surface area contributed by atoms with Crippen LogP contribution in [-0.4, -0.2) is 18.5 Å². The first-order valence-electron chi connectivity index (χ1n) is 7.82. The zero-order chi connectivity index (χ0) is 18.1. The number of nitrogens with zero attached hydrogens (tertiary/aromatic N) is 1. The molecule has 2 aromatic carbocycles. The van der Waals surface area contributed by atoms with Gasteiger partial charge in [-0.3, -0.25) is 4.79 Å². The number of benzene rings is 2. The van der Waals surface area contributed by atoms with Crippen molar-refractivity contribution in [3.63, 3.8) is 0 Å². The largest absolute Gasteiger partial charge is 0.463 e. The Bertz CT molecular complexity index is 787. The van der Waals surface area contributed by atoms with Gasteiger partial charge in [0, 0.05) is 18.2 Å². The molecular weight excluding hydrogens is 316 g/mol. The Morgan fingerprint density at radius 1 is 1.08 bits per heavy atom. The number of amides is 1. The summed E-state index contributed by atoms with van der Waals surface area (Å²) in [5.74, 6) is -0.625. The summed E-state index contributed by atoms with van der Waals surface area (Å²) in [7, 11) is 0. The van der Waals surface area contributed by atoms with Gasteiger partial charge in [-0.1, -0.05) is 30.8 Å². The minimum atomic E-state index is -0.487. The standard InChI is InChI=1S/C20H18N2O3/c1-2-20(24)25-13-3-4-19(23)22-18-11-9-17(10-12-18)16-7-5-15(14-21)6-8-16/h2,5-12H,1,3-4,13H2,(H,22,23). The minimum Gasteiger partial charge on any atom is -0.463 e. The van der Waals surface area contributed by atoms with Crippen LogP contribution >= 0.6 is 0 Å². The first-order valence-corrected chi connectivity index (χ1v) is 7.82. The topological polar surface area (TPSA) is 79.2 Å². The van der Waals surface area contributed by atoms with Gasteiger partial charge in [0.05, 0.1) is 18.2 Å². The molecule has 1 amide bonds. The highest BCUT2D eigenvalue weighted by molar-refractivity contribution is 5.91. The van der Waals surface area contributed by atoms with Crippen molar-refractivity contribution in [2.75, 3.05) is 11.9 Å². The molecule has 0 atom stereocenters. The SMILES string of the molecule is C=CC(=O)OCCCC(=O)Nc1ccc(-c2ccc(C#N)cc2)cc1. The van der Waals surface area contributed by atoms with E-state index in [1.165, 1.54) is 0 Å². The van der Waals surface area contributed by atoms with Crippen LogP contribution in [0.1, 0.15) is 18.4 Å². The lowest BCUT2D eigenvalue weighted by Crippen LogP contribution is -2.12. The van der Waals surface area contributed by atoms with Crippen LogP contribution in [0.5, 0.6) is 0 Å². The number of anilines is 1. The van der Waals surface area contributed by atoms with E-state index in [0.29, 0.717) is 17.7 Å². The second-order valence-corrected chi connectivity index (χ2v) is 5.29. The number of hydrogen-bond donors (Lipinski definition) is 1. The minimum absolute atomic E-state index is 0.138. The van der Waals surface area contributed by atoms with E-state index in [4.69, 9.17) is 10.00 Å². The molecule has 5 nitrogen and oxygen atoms in total. The second-order valence-electron chi connectivity index (χ2n) is 5.29. The first-order chi connectivity index (χ1) is 12.1. The molecule has 0 aromatic heterocycles. The van der Waals surface area contributed by atoms with Gasteiger partial charge >= 0.3 is 5.97 Å². The molecular formula is C20H18N2O3. The Balaban J connectivity index is 1.85. The lowest BCUT2D eigenvalue weighted by atomic mass is 10.0. The highest BCUT2D eigenvalue weighted by atomic mass is 16.5. The summed E-state index contributed by atoms with van der Waals surface area (Å²) in [6, 6.07) is 16.9. The van der Waals surface area contributed by atoms with E-state index in [1.54, 1.807) is 12.1 Å². The summed E-state index contributed by atoms with van der Waals surface area (Å²) >= 11 is 0. The summed E-state index contributed by atoms with van der Waals surface area (Å²) in [5, 5.41) is 11.6. The molecule has 25 heavy (non-hydrogen) atoms. The van der Waals surface area contributed by atoms with Gasteiger partial charge in [0.15, 0.2) is 0 Å². The van der Waals surface area contributed by atoms with Crippen molar-refractivity contribution in [2.45, 2.75) is 12.8 Å². The Labute approximate surface area is 146 Å². The van der Waals surface area contributed by atoms with Gasteiger partial charge in [-0.25, -0.2) is 4.79 Å². The molecule has 1 N–H and O–H groups in total. The maximum Gasteiger partial charge on any atom is 0.330 e. The van der Waals surface area contributed by atoms with Crippen LogP contribution in [0.25, 0.3) is 11.1 Å². The normalized spacial score (nSPS) is 9.72. The summed E-state index contributed by atoms with van der Waals surface area (Å²) < 4.78 is 4.82. The third-order valence-corrected chi connectivity index (χ3v) is 3.48. The molecule has 0 saturated heterocycles. The Morgan fingerprint density at radius 2 is 1.68 bits per heavy atom. The molecule has 0 aliphatic heterocycles. The molecule has 0 heterocycles. The van der Waals surface area contributed by atoms with Crippen molar-refractivity contribution in [2.24, 2.45) is 0 Å². The molecule has 2 aromatic rings. The lowest BCUT2D eigenvalue weighted by Gasteiger charge is -2.07. The van der Waals surface area contributed by atoms with E-state index in [2.05, 4.69) is 18.0 Å². The molecule has 0 fully saturated rings. The smallest absolute Gasteiger partial charge is 0.330 e. The fourth-order valence-corrected chi connectivity index (χ4v) is 2.17. The molecule has 0 aliphatic rings. The lowest BCUT2D eigenvalue weighted by molar-refractivity contribution is -0.138. The van der Waals surface area contributed by atoms with E-state index in [0.717, 1.165) is 17.2 Å². The molecule has 2 rings (SSSR count). The van der Waals surface area contributed by atoms with Crippen molar-refractivity contribution in [1.29, 1.82) is 5.26 Å². The number of carbonyl (C=O) groups excluding carboxylic acids is 2. The average molecular weight is 334 g/mol. The van der Waals surface area contributed by atoms with Gasteiger partial charge < -0.3 is 10.1 Å². The van der Waals surface area contributed by atoms with Crippen LogP contribution in [0, 0.1) is 11.3 Å². The van der Waals surface area contributed by atoms with Crippen molar-refractivity contribution < 1.29 is 14.3 Å². The number of carbonyl (C=O) groups is 2. The van der Waals surface area contributed by atoms with Gasteiger partial charge in [0.25, 0.3) is 0 Å². The van der Waals surface area contributed by atoms with Crippen LogP contribution < -0.4 is 5.32 Å². The van der Waals surface area contributed by atoms with Crippen LogP contribution in [0.2, 0.25) is 0 Å². The number of esters is 1. The van der Waals surface area contributed by atoms with Crippen molar-refractivity contribution in [3.8, 4) is 17.2 Å². The third-order valence-electron chi connectivity index (χ3n) is 3.48. The molecule has 0 unspecified atom stereocenters. The van der Waals surface area contributed by atoms with Crippen molar-refractivity contribution in [3.05, 3.63) is 66.7 Å². The van der Waals surface area contributed by atoms with Crippen LogP contribution in [0.15, 0.2) is 61.2 Å². The van der Waals surface area contributed by atoms with Gasteiger partial charge in [-0.05, 0) is 41.8 Å². The zero-order valence-corrected chi connectivity index (χ0v) is 13.7. The second kappa shape index (κ2) is 9.04. The molecule has 5 heteroatoms. The predicted octanol–water partition coefficient (Wildman–Crippen LogP) is 3.67. The quantitative estimate of drug-likeness (QED) is 0.476. The van der Waals surface area contributed by atoms with Crippen molar-refractivity contribution in [1.82, 2.24) is 0 Å². The van der Waals surface area contributed by atoms with Gasteiger partial charge in [0.1, 0.15) is 0 Å². The first kappa shape index (κ1) is 18.0. The summed E-state index contributed by atoms with van der Waals surface area (Å²) in [4.78, 5) is 22.7. The molecule has 0 bridgehead atoms. The molecule has 126 valence electrons. The monoisotopic (exact) mass is 334 g/mol. The average Bonchev–Trinajstić information content (AvgIpc) is 2.65. The summed E-state index contributed by atoms with van der Waals surface area (Å²) in [6.07, 6.45) is 1.81. The fraction of sp³-hybridized carbons (Fsp3) is 0.150. The van der Waals surface area contributed by atoms with Crippen molar-refractivity contribution >= 4 is 17.6 Å². The van der Waals surface area contributed by atoms with E-state index < -0.39 is 5.97 Å². The predicted molar refractivity (Wildman–Crippen MR) is 95.6 cm³/mol. The van der Waals surface area contributed by atoms with E-state index >= 15 is 0 Å². The number of hydrogen-bond acceptors (Lipinski definition) is 4. The third kappa shape index (κ3) is 5.63. The molecule has 0 radical (unpaired) electrons. The number of rotatable bonds is 7. The Kier molecular flexibility index (Phi) is 6.49. The van der Waals surface area contributed by atoms with Crippen LogP contribution in [0.4, 0.5) is 5.69 Å². The van der Waals surface area contributed by atoms with E-state index in [-0.39, 0.29) is 18.9 Å². The molecule has 0 saturated carbocycles. The highest BCUT2D eigenvalue weighted by Crippen LogP contribution is 2.22. The number of nitriles is 1. The van der Waals surface area contributed by atoms with E-state index in [9.17, 15) is 9.59 Å². The van der Waals surface area contributed by atoms with Gasteiger partial charge in [0.2, 0.25) is 5.91 Å². The highest BCUT2D eigenvalue weighted by Gasteiger charge is 2.04. The number of nitrogens with one attached hydrogen (secondary N) is 1. The molecule has 0 aliphatic carbocycles. The van der Waals surface area contributed by atoms with Crippen LogP contribution in [0.3, 0.4) is 0 Å². The molecule has 0 spiro atoms. The zero-order valence-electron chi connectivity index (χ0n) is 13.7. The fourth-order valence-electron chi connectivity index (χ4n) is 2.17. The Morgan fingerprint density at radius 3 is 2.24 bits per heavy atom. The maximum absolute atomic E-state index is 11.8. The Hall–Kier alpha value is -3.39. The van der Waals surface area contributed by atoms with Gasteiger partial charge in [-0.15, -0.1) is 0 Å². The maximum atomic E-state index is 11.8. The van der Waals surface area contributed by atoms with Crippen LogP contribution in [-0.2, 0) is 14.3 Å². The summed E-state index contributed by atoms with van der Waals surface area (Å²) in [5.41, 5.74) is 3.32. The van der Waals surface area contributed by atoms with Gasteiger partial charge in [-0.2, -0.15) is 5.26 Å². The van der Waals surface area contributed by atoms with E-state index in [1.807, 2.05) is 36.4 Å². The summed E-state index contributed by atoms with van der Waals surface area (Å²) in [6.45, 7) is 3.49.